The molecule has 4 aromatic rings. The first-order chi connectivity index (χ1) is 14.2. The predicted octanol–water partition coefficient (Wildman–Crippen LogP) is 5.03. The first-order valence-corrected chi connectivity index (χ1v) is 10.5. The number of rotatable bonds is 8. The Bertz CT molecular complexity index is 1100. The van der Waals surface area contributed by atoms with Crippen molar-refractivity contribution in [1.82, 2.24) is 14.8 Å². The third-order valence-electron chi connectivity index (χ3n) is 4.76. The van der Waals surface area contributed by atoms with E-state index in [4.69, 9.17) is 9.47 Å². The molecule has 0 aliphatic carbocycles. The largest absolute Gasteiger partial charge is 0.493 e. The Hall–Kier alpha value is -2.99. The van der Waals surface area contributed by atoms with Crippen LogP contribution in [0.5, 0.6) is 11.5 Å². The maximum Gasteiger partial charge on any atom is 0.191 e. The van der Waals surface area contributed by atoms with E-state index in [-0.39, 0.29) is 0 Å². The number of thioether (sulfide) groups is 1. The summed E-state index contributed by atoms with van der Waals surface area (Å²) in [5, 5.41) is 11.8. The zero-order valence-electron chi connectivity index (χ0n) is 16.5. The molecule has 0 amide bonds. The maximum atomic E-state index is 6.05. The fraction of sp³-hybridized carbons (Fsp3) is 0.217. The molecule has 1 aromatic heterocycles. The van der Waals surface area contributed by atoms with Crippen LogP contribution < -0.4 is 9.47 Å². The highest BCUT2D eigenvalue weighted by atomic mass is 32.2. The molecule has 0 radical (unpaired) electrons. The van der Waals surface area contributed by atoms with Crippen LogP contribution in [0.25, 0.3) is 10.8 Å². The summed E-state index contributed by atoms with van der Waals surface area (Å²) >= 11 is 1.62. The van der Waals surface area contributed by atoms with Crippen molar-refractivity contribution in [3.63, 3.8) is 0 Å². The molecule has 0 aliphatic heterocycles. The third kappa shape index (κ3) is 4.54. The number of aryl methyl sites for hydroxylation is 1. The van der Waals surface area contributed by atoms with Crippen molar-refractivity contribution in [2.75, 3.05) is 12.4 Å². The molecule has 29 heavy (non-hydrogen) atoms. The molecule has 1 heterocycles. The number of nitrogens with zero attached hydrogens (tertiary/aromatic N) is 3. The minimum absolute atomic E-state index is 0.379. The number of fused-ring (bicyclic) bond motifs is 1. The first kappa shape index (κ1) is 19.3. The van der Waals surface area contributed by atoms with E-state index in [0.29, 0.717) is 13.2 Å². The van der Waals surface area contributed by atoms with Crippen LogP contribution in [0.2, 0.25) is 0 Å². The summed E-state index contributed by atoms with van der Waals surface area (Å²) in [5.41, 5.74) is 1.14. The molecule has 0 saturated heterocycles. The fourth-order valence-electron chi connectivity index (χ4n) is 3.11. The van der Waals surface area contributed by atoms with Crippen molar-refractivity contribution >= 4 is 22.5 Å². The van der Waals surface area contributed by atoms with Crippen LogP contribution in [0.3, 0.4) is 0 Å². The SMILES string of the molecule is Cc1c(OCc2nnc(SCCOc3ccccc3)n2C)ccc2ccccc12. The number of benzene rings is 3. The lowest BCUT2D eigenvalue weighted by Crippen LogP contribution is -2.06. The second-order valence-electron chi connectivity index (χ2n) is 6.67. The topological polar surface area (TPSA) is 49.2 Å². The molecule has 0 saturated carbocycles. The van der Waals surface area contributed by atoms with Gasteiger partial charge in [-0.3, -0.25) is 0 Å². The lowest BCUT2D eigenvalue weighted by Gasteiger charge is -2.11. The summed E-state index contributed by atoms with van der Waals surface area (Å²) in [5.74, 6) is 3.35. The van der Waals surface area contributed by atoms with Gasteiger partial charge in [0.1, 0.15) is 18.1 Å². The highest BCUT2D eigenvalue weighted by Gasteiger charge is 2.11. The second kappa shape index (κ2) is 9.01. The van der Waals surface area contributed by atoms with E-state index in [9.17, 15) is 0 Å². The fourth-order valence-corrected chi connectivity index (χ4v) is 3.86. The quantitative estimate of drug-likeness (QED) is 0.304. The lowest BCUT2D eigenvalue weighted by atomic mass is 10.0. The number of para-hydroxylation sites is 1. The Balaban J connectivity index is 1.33. The van der Waals surface area contributed by atoms with Crippen molar-refractivity contribution in [1.29, 1.82) is 0 Å². The van der Waals surface area contributed by atoms with Gasteiger partial charge in [-0.15, -0.1) is 10.2 Å². The molecule has 0 fully saturated rings. The molecule has 5 nitrogen and oxygen atoms in total. The standard InChI is InChI=1S/C23H23N3O2S/c1-17-20-11-7-6-8-18(20)12-13-21(17)28-16-22-24-25-23(26(22)2)29-15-14-27-19-9-4-3-5-10-19/h3-13H,14-16H2,1-2H3. The van der Waals surface area contributed by atoms with Crippen LogP contribution in [0, 0.1) is 6.92 Å². The van der Waals surface area contributed by atoms with E-state index >= 15 is 0 Å². The van der Waals surface area contributed by atoms with Crippen LogP contribution in [0.15, 0.2) is 71.9 Å². The maximum absolute atomic E-state index is 6.05. The summed E-state index contributed by atoms with van der Waals surface area (Å²) in [7, 11) is 1.96. The highest BCUT2D eigenvalue weighted by Crippen LogP contribution is 2.27. The minimum atomic E-state index is 0.379. The second-order valence-corrected chi connectivity index (χ2v) is 7.73. The molecule has 0 unspecified atom stereocenters. The van der Waals surface area contributed by atoms with Gasteiger partial charge in [-0.1, -0.05) is 60.3 Å². The molecule has 0 atom stereocenters. The summed E-state index contributed by atoms with van der Waals surface area (Å²) in [6.45, 7) is 3.08. The summed E-state index contributed by atoms with van der Waals surface area (Å²) in [6, 6.07) is 22.2. The van der Waals surface area contributed by atoms with E-state index in [1.54, 1.807) is 11.8 Å². The zero-order chi connectivity index (χ0) is 20.1. The molecule has 0 spiro atoms. The number of hydrogen-bond acceptors (Lipinski definition) is 5. The van der Waals surface area contributed by atoms with Gasteiger partial charge in [0.25, 0.3) is 0 Å². The lowest BCUT2D eigenvalue weighted by molar-refractivity contribution is 0.289. The number of aromatic nitrogens is 3. The van der Waals surface area contributed by atoms with Crippen molar-refractivity contribution in [3.05, 3.63) is 78.1 Å². The van der Waals surface area contributed by atoms with E-state index in [1.165, 1.54) is 10.8 Å². The van der Waals surface area contributed by atoms with Gasteiger partial charge >= 0.3 is 0 Å². The average Bonchev–Trinajstić information content (AvgIpc) is 3.11. The Morgan fingerprint density at radius 3 is 2.55 bits per heavy atom. The molecule has 148 valence electrons. The van der Waals surface area contributed by atoms with Crippen LogP contribution in [-0.2, 0) is 13.7 Å². The normalized spacial score (nSPS) is 11.0. The summed E-state index contributed by atoms with van der Waals surface area (Å²) in [6.07, 6.45) is 0. The highest BCUT2D eigenvalue weighted by molar-refractivity contribution is 7.99. The molecule has 6 heteroatoms. The molecular weight excluding hydrogens is 382 g/mol. The van der Waals surface area contributed by atoms with Gasteiger partial charge in [0, 0.05) is 12.8 Å². The number of ether oxygens (including phenoxy) is 2. The molecule has 0 N–H and O–H groups in total. The van der Waals surface area contributed by atoms with E-state index in [1.807, 2.05) is 60.1 Å². The van der Waals surface area contributed by atoms with Gasteiger partial charge in [0.15, 0.2) is 11.0 Å². The van der Waals surface area contributed by atoms with Gasteiger partial charge in [-0.2, -0.15) is 0 Å². The molecule has 4 rings (SSSR count). The van der Waals surface area contributed by atoms with Crippen LogP contribution >= 0.6 is 11.8 Å². The van der Waals surface area contributed by atoms with Gasteiger partial charge in [-0.25, -0.2) is 0 Å². The van der Waals surface area contributed by atoms with Crippen LogP contribution in [-0.4, -0.2) is 27.1 Å². The van der Waals surface area contributed by atoms with Gasteiger partial charge < -0.3 is 14.0 Å². The smallest absolute Gasteiger partial charge is 0.191 e. The summed E-state index contributed by atoms with van der Waals surface area (Å²) in [4.78, 5) is 0. The Labute approximate surface area is 174 Å². The van der Waals surface area contributed by atoms with Gasteiger partial charge in [0.05, 0.1) is 6.61 Å². The van der Waals surface area contributed by atoms with Crippen molar-refractivity contribution in [2.45, 2.75) is 18.7 Å². The van der Waals surface area contributed by atoms with Crippen LogP contribution in [0.4, 0.5) is 0 Å². The van der Waals surface area contributed by atoms with Gasteiger partial charge in [0.2, 0.25) is 0 Å². The van der Waals surface area contributed by atoms with E-state index in [2.05, 4.69) is 35.3 Å². The molecule has 0 bridgehead atoms. The number of hydrogen-bond donors (Lipinski definition) is 0. The van der Waals surface area contributed by atoms with E-state index in [0.717, 1.165) is 33.8 Å². The third-order valence-corrected chi connectivity index (χ3v) is 5.74. The Kier molecular flexibility index (Phi) is 6.00. The van der Waals surface area contributed by atoms with Crippen LogP contribution in [0.1, 0.15) is 11.4 Å². The van der Waals surface area contributed by atoms with Gasteiger partial charge in [-0.05, 0) is 41.5 Å². The molecular formula is C23H23N3O2S. The molecule has 0 aliphatic rings. The Morgan fingerprint density at radius 2 is 1.69 bits per heavy atom. The minimum Gasteiger partial charge on any atom is -0.493 e. The molecule has 3 aromatic carbocycles. The zero-order valence-corrected chi connectivity index (χ0v) is 17.4. The predicted molar refractivity (Wildman–Crippen MR) is 117 cm³/mol. The van der Waals surface area contributed by atoms with Crippen molar-refractivity contribution < 1.29 is 9.47 Å². The first-order valence-electron chi connectivity index (χ1n) is 9.52. The van der Waals surface area contributed by atoms with Crippen molar-refractivity contribution in [3.8, 4) is 11.5 Å². The van der Waals surface area contributed by atoms with Crippen molar-refractivity contribution in [2.24, 2.45) is 7.05 Å². The summed E-state index contributed by atoms with van der Waals surface area (Å²) < 4.78 is 13.8. The Morgan fingerprint density at radius 1 is 0.897 bits per heavy atom. The van der Waals surface area contributed by atoms with E-state index < -0.39 is 0 Å². The monoisotopic (exact) mass is 405 g/mol. The average molecular weight is 406 g/mol.